The molecule has 1 nitrogen and oxygen atoms in total. The molecule has 0 aromatic rings. The second-order valence-electron chi connectivity index (χ2n) is 3.81. The lowest BCUT2D eigenvalue weighted by Crippen LogP contribution is -2.32. The molecule has 1 saturated carbocycles. The van der Waals surface area contributed by atoms with E-state index in [9.17, 15) is 4.79 Å². The summed E-state index contributed by atoms with van der Waals surface area (Å²) < 4.78 is 0. The van der Waals surface area contributed by atoms with E-state index in [0.29, 0.717) is 18.1 Å². The summed E-state index contributed by atoms with van der Waals surface area (Å²) >= 11 is 4.41. The van der Waals surface area contributed by atoms with Crippen LogP contribution in [0, 0.1) is 11.8 Å². The van der Waals surface area contributed by atoms with E-state index in [0.717, 1.165) is 12.0 Å². The Bertz CT molecular complexity index is 210. The number of rotatable bonds is 1. The van der Waals surface area contributed by atoms with Crippen LogP contribution in [-0.2, 0) is 4.79 Å². The third kappa shape index (κ3) is 1.92. The van der Waals surface area contributed by atoms with Crippen molar-refractivity contribution < 1.29 is 4.79 Å². The first-order valence-electron chi connectivity index (χ1n) is 4.38. The van der Waals surface area contributed by atoms with Crippen LogP contribution < -0.4 is 0 Å². The molecule has 1 aliphatic carbocycles. The summed E-state index contributed by atoms with van der Waals surface area (Å²) in [6.45, 7) is 7.85. The van der Waals surface area contributed by atoms with Gasteiger partial charge in [0.2, 0.25) is 0 Å². The van der Waals surface area contributed by atoms with Gasteiger partial charge in [0.1, 0.15) is 5.78 Å². The first kappa shape index (κ1) is 9.85. The van der Waals surface area contributed by atoms with Gasteiger partial charge < -0.3 is 0 Å². The standard InChI is InChI=1S/C10H16OS/c1-6(2)8-4-9(11)7(3)10(12)5-8/h7-8,10,12H,1,4-5H2,2-3H3. The molecule has 2 heteroatoms. The largest absolute Gasteiger partial charge is 0.299 e. The summed E-state index contributed by atoms with van der Waals surface area (Å²) in [7, 11) is 0. The molecule has 0 bridgehead atoms. The first-order valence-corrected chi connectivity index (χ1v) is 4.90. The van der Waals surface area contributed by atoms with Crippen molar-refractivity contribution in [1.82, 2.24) is 0 Å². The van der Waals surface area contributed by atoms with Crippen molar-refractivity contribution in [2.45, 2.75) is 31.9 Å². The summed E-state index contributed by atoms with van der Waals surface area (Å²) in [6, 6.07) is 0. The summed E-state index contributed by atoms with van der Waals surface area (Å²) in [5, 5.41) is 0.230. The van der Waals surface area contributed by atoms with E-state index >= 15 is 0 Å². The molecule has 0 amide bonds. The molecule has 0 aliphatic heterocycles. The number of carbonyl (C=O) groups is 1. The molecular formula is C10H16OS. The van der Waals surface area contributed by atoms with Crippen LogP contribution in [-0.4, -0.2) is 11.0 Å². The van der Waals surface area contributed by atoms with Gasteiger partial charge >= 0.3 is 0 Å². The van der Waals surface area contributed by atoms with E-state index in [4.69, 9.17) is 0 Å². The highest BCUT2D eigenvalue weighted by molar-refractivity contribution is 7.81. The molecule has 12 heavy (non-hydrogen) atoms. The van der Waals surface area contributed by atoms with Crippen LogP contribution in [0.5, 0.6) is 0 Å². The number of hydrogen-bond donors (Lipinski definition) is 1. The van der Waals surface area contributed by atoms with Crippen molar-refractivity contribution in [2.24, 2.45) is 11.8 Å². The Morgan fingerprint density at radius 1 is 1.67 bits per heavy atom. The van der Waals surface area contributed by atoms with E-state index in [-0.39, 0.29) is 11.2 Å². The molecule has 1 fully saturated rings. The van der Waals surface area contributed by atoms with Crippen molar-refractivity contribution in [3.63, 3.8) is 0 Å². The fourth-order valence-corrected chi connectivity index (χ4v) is 2.02. The molecule has 0 aromatic carbocycles. The summed E-state index contributed by atoms with van der Waals surface area (Å²) in [4.78, 5) is 11.4. The van der Waals surface area contributed by atoms with Crippen molar-refractivity contribution >= 4 is 18.4 Å². The Hall–Kier alpha value is -0.240. The molecule has 0 saturated heterocycles. The molecule has 0 spiro atoms. The molecule has 1 rings (SSSR count). The minimum Gasteiger partial charge on any atom is -0.299 e. The van der Waals surface area contributed by atoms with Gasteiger partial charge in [-0.3, -0.25) is 4.79 Å². The quantitative estimate of drug-likeness (QED) is 0.489. The molecule has 68 valence electrons. The second-order valence-corrected chi connectivity index (χ2v) is 4.47. The van der Waals surface area contributed by atoms with E-state index in [1.807, 2.05) is 13.8 Å². The van der Waals surface area contributed by atoms with Crippen LogP contribution >= 0.6 is 12.6 Å². The Labute approximate surface area is 79.6 Å². The minimum absolute atomic E-state index is 0.129. The van der Waals surface area contributed by atoms with E-state index in [1.165, 1.54) is 0 Å². The van der Waals surface area contributed by atoms with Gasteiger partial charge in [0, 0.05) is 17.6 Å². The second kappa shape index (κ2) is 3.65. The highest BCUT2D eigenvalue weighted by atomic mass is 32.1. The van der Waals surface area contributed by atoms with E-state index < -0.39 is 0 Å². The number of thiol groups is 1. The first-order chi connectivity index (χ1) is 5.52. The molecular weight excluding hydrogens is 168 g/mol. The van der Waals surface area contributed by atoms with Gasteiger partial charge in [-0.05, 0) is 19.3 Å². The maximum absolute atomic E-state index is 11.4. The van der Waals surface area contributed by atoms with Gasteiger partial charge in [0.25, 0.3) is 0 Å². The van der Waals surface area contributed by atoms with Crippen LogP contribution in [0.25, 0.3) is 0 Å². The number of allylic oxidation sites excluding steroid dienone is 1. The molecule has 3 unspecified atom stereocenters. The zero-order chi connectivity index (χ0) is 9.30. The molecule has 0 N–H and O–H groups in total. The lowest BCUT2D eigenvalue weighted by atomic mass is 9.79. The smallest absolute Gasteiger partial charge is 0.137 e. The van der Waals surface area contributed by atoms with Crippen LogP contribution in [0.4, 0.5) is 0 Å². The molecule has 0 radical (unpaired) electrons. The van der Waals surface area contributed by atoms with E-state index in [2.05, 4.69) is 19.2 Å². The predicted octanol–water partition coefficient (Wildman–Crippen LogP) is 2.48. The lowest BCUT2D eigenvalue weighted by Gasteiger charge is -2.30. The summed E-state index contributed by atoms with van der Waals surface area (Å²) in [5.74, 6) is 0.842. The van der Waals surface area contributed by atoms with Crippen molar-refractivity contribution in [3.8, 4) is 0 Å². The average molecular weight is 184 g/mol. The highest BCUT2D eigenvalue weighted by Crippen LogP contribution is 2.32. The predicted molar refractivity (Wildman–Crippen MR) is 54.5 cm³/mol. The van der Waals surface area contributed by atoms with Gasteiger partial charge in [-0.15, -0.1) is 0 Å². The van der Waals surface area contributed by atoms with E-state index in [1.54, 1.807) is 0 Å². The van der Waals surface area contributed by atoms with Gasteiger partial charge in [0.15, 0.2) is 0 Å². The number of ketones is 1. The molecule has 1 aliphatic rings. The van der Waals surface area contributed by atoms with Gasteiger partial charge in [-0.2, -0.15) is 12.6 Å². The molecule has 3 atom stereocenters. The van der Waals surface area contributed by atoms with Gasteiger partial charge in [0.05, 0.1) is 0 Å². The Morgan fingerprint density at radius 3 is 2.67 bits per heavy atom. The third-order valence-corrected chi connectivity index (χ3v) is 3.41. The van der Waals surface area contributed by atoms with Crippen molar-refractivity contribution in [2.75, 3.05) is 0 Å². The fourth-order valence-electron chi connectivity index (χ4n) is 1.60. The monoisotopic (exact) mass is 184 g/mol. The summed E-state index contributed by atoms with van der Waals surface area (Å²) in [6.07, 6.45) is 1.68. The lowest BCUT2D eigenvalue weighted by molar-refractivity contribution is -0.124. The Balaban J connectivity index is 2.66. The highest BCUT2D eigenvalue weighted by Gasteiger charge is 2.31. The average Bonchev–Trinajstić information content (AvgIpc) is 1.99. The summed E-state index contributed by atoms with van der Waals surface area (Å²) in [5.41, 5.74) is 1.12. The Morgan fingerprint density at radius 2 is 2.25 bits per heavy atom. The zero-order valence-corrected chi connectivity index (χ0v) is 8.60. The third-order valence-electron chi connectivity index (χ3n) is 2.76. The van der Waals surface area contributed by atoms with Crippen LogP contribution in [0.3, 0.4) is 0 Å². The van der Waals surface area contributed by atoms with Crippen molar-refractivity contribution in [3.05, 3.63) is 12.2 Å². The Kier molecular flexibility index (Phi) is 2.99. The maximum Gasteiger partial charge on any atom is 0.137 e. The number of Topliss-reactive ketones (excluding diaryl/α,β-unsaturated/α-hetero) is 1. The topological polar surface area (TPSA) is 17.1 Å². The van der Waals surface area contributed by atoms with Crippen LogP contribution in [0.15, 0.2) is 12.2 Å². The fraction of sp³-hybridized carbons (Fsp3) is 0.700. The number of hydrogen-bond acceptors (Lipinski definition) is 2. The van der Waals surface area contributed by atoms with Gasteiger partial charge in [-0.1, -0.05) is 19.1 Å². The minimum atomic E-state index is 0.129. The van der Waals surface area contributed by atoms with Crippen LogP contribution in [0.1, 0.15) is 26.7 Å². The molecule has 0 heterocycles. The normalized spacial score (nSPS) is 36.6. The van der Waals surface area contributed by atoms with Crippen LogP contribution in [0.2, 0.25) is 0 Å². The number of carbonyl (C=O) groups excluding carboxylic acids is 1. The maximum atomic E-state index is 11.4. The SMILES string of the molecule is C=C(C)C1CC(=O)C(C)C(S)C1. The zero-order valence-electron chi connectivity index (χ0n) is 7.71. The van der Waals surface area contributed by atoms with Crippen molar-refractivity contribution in [1.29, 1.82) is 0 Å². The molecule has 0 aromatic heterocycles. The van der Waals surface area contributed by atoms with Gasteiger partial charge in [-0.25, -0.2) is 0 Å².